The molecule has 1 aliphatic heterocycles. The van der Waals surface area contributed by atoms with Crippen molar-refractivity contribution < 1.29 is 28.5 Å². The summed E-state index contributed by atoms with van der Waals surface area (Å²) in [6, 6.07) is 0. The van der Waals surface area contributed by atoms with Crippen LogP contribution in [0.1, 0.15) is 47.5 Å². The van der Waals surface area contributed by atoms with Crippen LogP contribution in [0.3, 0.4) is 0 Å². The van der Waals surface area contributed by atoms with Crippen molar-refractivity contribution in [3.8, 4) is 0 Å². The topological polar surface area (TPSA) is 63.2 Å². The normalized spacial score (nSPS) is 26.8. The Morgan fingerprint density at radius 2 is 2.09 bits per heavy atom. The second-order valence-corrected chi connectivity index (χ2v) is 5.55. The summed E-state index contributed by atoms with van der Waals surface area (Å²) in [5.41, 5.74) is 0.961. The van der Waals surface area contributed by atoms with Gasteiger partial charge in [-0.15, -0.1) is 0 Å². The highest BCUT2D eigenvalue weighted by atomic mass is 16.7. The van der Waals surface area contributed by atoms with E-state index in [1.165, 1.54) is 6.08 Å². The first kappa shape index (κ1) is 20.1. The Morgan fingerprint density at radius 1 is 1.35 bits per heavy atom. The van der Waals surface area contributed by atoms with Gasteiger partial charge in [-0.2, -0.15) is 0 Å². The first-order valence-electron chi connectivity index (χ1n) is 8.34. The molecule has 0 spiro atoms. The fraction of sp³-hybridized carbons (Fsp3) is 0.824. The van der Waals surface area contributed by atoms with Crippen molar-refractivity contribution >= 4 is 5.97 Å². The van der Waals surface area contributed by atoms with Crippen molar-refractivity contribution in [3.05, 3.63) is 11.6 Å². The average Bonchev–Trinajstić information content (AvgIpc) is 2.48. The highest BCUT2D eigenvalue weighted by Crippen LogP contribution is 2.22. The highest BCUT2D eigenvalue weighted by Gasteiger charge is 2.32. The zero-order chi connectivity index (χ0) is 17.2. The third-order valence-corrected chi connectivity index (χ3v) is 3.52. The summed E-state index contributed by atoms with van der Waals surface area (Å²) < 4.78 is 27.5. The minimum Gasteiger partial charge on any atom is -0.463 e. The molecule has 0 N–H and O–H groups in total. The number of hydrogen-bond acceptors (Lipinski definition) is 6. The van der Waals surface area contributed by atoms with Gasteiger partial charge >= 0.3 is 5.97 Å². The summed E-state index contributed by atoms with van der Waals surface area (Å²) in [7, 11) is 0. The number of esters is 1. The van der Waals surface area contributed by atoms with Crippen LogP contribution in [0.25, 0.3) is 0 Å². The maximum atomic E-state index is 11.4. The molecule has 4 atom stereocenters. The number of rotatable bonds is 9. The molecule has 1 fully saturated rings. The molecular weight excluding hydrogens is 300 g/mol. The van der Waals surface area contributed by atoms with E-state index in [1.807, 2.05) is 27.7 Å². The molecule has 0 radical (unpaired) electrons. The van der Waals surface area contributed by atoms with E-state index in [4.69, 9.17) is 23.7 Å². The summed E-state index contributed by atoms with van der Waals surface area (Å²) in [6.45, 7) is 10.8. The van der Waals surface area contributed by atoms with E-state index in [2.05, 4.69) is 0 Å². The molecular formula is C17H30O6. The lowest BCUT2D eigenvalue weighted by Gasteiger charge is -2.36. The van der Waals surface area contributed by atoms with Gasteiger partial charge in [0, 0.05) is 12.7 Å². The lowest BCUT2D eigenvalue weighted by molar-refractivity contribution is -0.283. The average molecular weight is 330 g/mol. The zero-order valence-electron chi connectivity index (χ0n) is 14.9. The van der Waals surface area contributed by atoms with E-state index in [-0.39, 0.29) is 30.8 Å². The standard InChI is InChI=1S/C17H30O6/c1-6-19-13(4)23-16-11-21-14(5)22-15(16)9-8-12(3)10-17(18)20-7-2/h10,13-16H,6-9,11H2,1-5H3/b12-10+/t13?,14-,15+,16-/m1/s1. The Bertz CT molecular complexity index is 381. The summed E-state index contributed by atoms with van der Waals surface area (Å²) >= 11 is 0. The minimum absolute atomic E-state index is 0.0906. The van der Waals surface area contributed by atoms with Crippen LogP contribution in [-0.2, 0) is 28.5 Å². The van der Waals surface area contributed by atoms with Gasteiger partial charge in [-0.25, -0.2) is 4.79 Å². The molecule has 0 aromatic heterocycles. The van der Waals surface area contributed by atoms with Crippen LogP contribution >= 0.6 is 0 Å². The van der Waals surface area contributed by atoms with E-state index >= 15 is 0 Å². The molecule has 0 aromatic carbocycles. The SMILES string of the molecule is CCOC(=O)/C=C(\C)CC[C@@H]1O[C@H](C)OC[C@H]1OC(C)OCC. The second-order valence-electron chi connectivity index (χ2n) is 5.55. The monoisotopic (exact) mass is 330 g/mol. The number of ether oxygens (including phenoxy) is 5. The summed E-state index contributed by atoms with van der Waals surface area (Å²) in [5.74, 6) is -0.302. The quantitative estimate of drug-likeness (QED) is 0.368. The number of carbonyl (C=O) groups excluding carboxylic acids is 1. The molecule has 0 aliphatic carbocycles. The van der Waals surface area contributed by atoms with Gasteiger partial charge in [0.2, 0.25) is 0 Å². The van der Waals surface area contributed by atoms with Gasteiger partial charge in [-0.05, 0) is 47.5 Å². The van der Waals surface area contributed by atoms with E-state index < -0.39 is 0 Å². The predicted molar refractivity (Wildman–Crippen MR) is 85.9 cm³/mol. The summed E-state index contributed by atoms with van der Waals surface area (Å²) in [4.78, 5) is 11.4. The molecule has 6 heteroatoms. The van der Waals surface area contributed by atoms with E-state index in [0.29, 0.717) is 19.8 Å². The van der Waals surface area contributed by atoms with Gasteiger partial charge in [-0.3, -0.25) is 0 Å². The molecule has 1 aliphatic rings. The lowest BCUT2D eigenvalue weighted by atomic mass is 10.0. The lowest BCUT2D eigenvalue weighted by Crippen LogP contribution is -2.45. The Labute approximate surface area is 139 Å². The van der Waals surface area contributed by atoms with Crippen molar-refractivity contribution in [1.29, 1.82) is 0 Å². The van der Waals surface area contributed by atoms with Gasteiger partial charge in [0.05, 0.1) is 19.3 Å². The maximum Gasteiger partial charge on any atom is 0.330 e. The number of carbonyl (C=O) groups is 1. The molecule has 23 heavy (non-hydrogen) atoms. The van der Waals surface area contributed by atoms with Gasteiger partial charge in [0.25, 0.3) is 0 Å². The highest BCUT2D eigenvalue weighted by molar-refractivity contribution is 5.82. The predicted octanol–water partition coefficient (Wildman–Crippen LogP) is 2.81. The fourth-order valence-corrected chi connectivity index (χ4v) is 2.44. The Morgan fingerprint density at radius 3 is 2.74 bits per heavy atom. The van der Waals surface area contributed by atoms with Crippen molar-refractivity contribution in [2.45, 2.75) is 72.2 Å². The van der Waals surface area contributed by atoms with Gasteiger partial charge in [-0.1, -0.05) is 5.57 Å². The fourth-order valence-electron chi connectivity index (χ4n) is 2.44. The van der Waals surface area contributed by atoms with Gasteiger partial charge < -0.3 is 23.7 Å². The van der Waals surface area contributed by atoms with Crippen LogP contribution in [0.5, 0.6) is 0 Å². The summed E-state index contributed by atoms with van der Waals surface area (Å²) in [6.07, 6.45) is 2.19. The molecule has 0 bridgehead atoms. The largest absolute Gasteiger partial charge is 0.463 e. The van der Waals surface area contributed by atoms with Crippen LogP contribution in [0.4, 0.5) is 0 Å². The smallest absolute Gasteiger partial charge is 0.330 e. The third kappa shape index (κ3) is 7.92. The van der Waals surface area contributed by atoms with Crippen LogP contribution in [0.2, 0.25) is 0 Å². The van der Waals surface area contributed by atoms with Crippen LogP contribution in [-0.4, -0.2) is 50.6 Å². The van der Waals surface area contributed by atoms with Crippen LogP contribution in [0.15, 0.2) is 11.6 Å². The van der Waals surface area contributed by atoms with Crippen molar-refractivity contribution in [2.75, 3.05) is 19.8 Å². The molecule has 1 rings (SSSR count). The maximum absolute atomic E-state index is 11.4. The Balaban J connectivity index is 2.53. The first-order chi connectivity index (χ1) is 11.0. The van der Waals surface area contributed by atoms with E-state index in [9.17, 15) is 4.79 Å². The molecule has 1 saturated heterocycles. The number of allylic oxidation sites excluding steroid dienone is 1. The Kier molecular flexibility index (Phi) is 9.40. The van der Waals surface area contributed by atoms with Crippen molar-refractivity contribution in [2.24, 2.45) is 0 Å². The zero-order valence-corrected chi connectivity index (χ0v) is 14.9. The minimum atomic E-state index is -0.302. The Hall–Kier alpha value is -0.950. The van der Waals surface area contributed by atoms with Gasteiger partial charge in [0.15, 0.2) is 12.6 Å². The molecule has 6 nitrogen and oxygen atoms in total. The number of hydrogen-bond donors (Lipinski definition) is 0. The second kappa shape index (κ2) is 10.8. The molecule has 0 saturated carbocycles. The van der Waals surface area contributed by atoms with E-state index in [1.54, 1.807) is 6.92 Å². The van der Waals surface area contributed by atoms with Gasteiger partial charge in [0.1, 0.15) is 6.10 Å². The molecule has 1 unspecified atom stereocenters. The first-order valence-corrected chi connectivity index (χ1v) is 8.34. The molecule has 134 valence electrons. The third-order valence-electron chi connectivity index (χ3n) is 3.52. The van der Waals surface area contributed by atoms with Crippen molar-refractivity contribution in [1.82, 2.24) is 0 Å². The molecule has 0 amide bonds. The van der Waals surface area contributed by atoms with Crippen molar-refractivity contribution in [3.63, 3.8) is 0 Å². The van der Waals surface area contributed by atoms with Crippen LogP contribution < -0.4 is 0 Å². The summed E-state index contributed by atoms with van der Waals surface area (Å²) in [5, 5.41) is 0. The molecule has 0 aromatic rings. The van der Waals surface area contributed by atoms with Crippen LogP contribution in [0, 0.1) is 0 Å². The van der Waals surface area contributed by atoms with E-state index in [0.717, 1.165) is 18.4 Å². The molecule has 1 heterocycles.